The predicted molar refractivity (Wildman–Crippen MR) is 126 cm³/mol. The highest BCUT2D eigenvalue weighted by atomic mass is 19.4. The maximum Gasteiger partial charge on any atom is 0.425 e. The van der Waals surface area contributed by atoms with E-state index in [2.05, 4.69) is 0 Å². The Hall–Kier alpha value is -3.04. The summed E-state index contributed by atoms with van der Waals surface area (Å²) in [5.41, 5.74) is -5.22. The van der Waals surface area contributed by atoms with Gasteiger partial charge in [0.2, 0.25) is 11.4 Å². The van der Waals surface area contributed by atoms with Gasteiger partial charge in [-0.15, -0.1) is 0 Å². The quantitative estimate of drug-likeness (QED) is 0.620. The summed E-state index contributed by atoms with van der Waals surface area (Å²) in [5.74, 6) is -2.18. The molecule has 1 N–H and O–H groups in total. The Morgan fingerprint density at radius 1 is 1.06 bits per heavy atom. The number of halogens is 3. The van der Waals surface area contributed by atoms with Crippen LogP contribution in [0, 0.1) is 10.8 Å². The van der Waals surface area contributed by atoms with Crippen LogP contribution in [0.5, 0.6) is 11.5 Å². The second-order valence-corrected chi connectivity index (χ2v) is 11.1. The largest absolute Gasteiger partial charge is 0.493 e. The zero-order chi connectivity index (χ0) is 27.3. The fourth-order valence-corrected chi connectivity index (χ4v) is 4.70. The van der Waals surface area contributed by atoms with Gasteiger partial charge in [-0.1, -0.05) is 40.7 Å². The maximum atomic E-state index is 14.8. The summed E-state index contributed by atoms with van der Waals surface area (Å²) in [5, 5.41) is 1.97. The van der Waals surface area contributed by atoms with Crippen LogP contribution in [0.3, 0.4) is 0 Å². The van der Waals surface area contributed by atoms with Gasteiger partial charge in [0, 0.05) is 24.1 Å². The average molecular weight is 511 g/mol. The summed E-state index contributed by atoms with van der Waals surface area (Å²) in [4.78, 5) is 40.7. The number of nitrogens with one attached hydrogen (secondary N) is 1. The molecule has 1 aromatic rings. The number of hydrogen-bond acceptors (Lipinski definition) is 5. The predicted octanol–water partition coefficient (Wildman–Crippen LogP) is 4.20. The molecule has 2 aliphatic rings. The van der Waals surface area contributed by atoms with Gasteiger partial charge >= 0.3 is 6.18 Å². The molecule has 2 amide bonds. The topological polar surface area (TPSA) is 84.9 Å². The van der Waals surface area contributed by atoms with Crippen molar-refractivity contribution in [1.29, 1.82) is 0 Å². The number of rotatable bonds is 6. The van der Waals surface area contributed by atoms with E-state index >= 15 is 0 Å². The first-order valence-corrected chi connectivity index (χ1v) is 11.7. The molecule has 1 aliphatic carbocycles. The molecule has 1 aliphatic heterocycles. The number of ether oxygens (including phenoxy) is 2. The molecule has 0 saturated heterocycles. The first-order valence-electron chi connectivity index (χ1n) is 11.7. The molecule has 0 aromatic heterocycles. The van der Waals surface area contributed by atoms with E-state index in [0.29, 0.717) is 17.1 Å². The highest BCUT2D eigenvalue weighted by Crippen LogP contribution is 2.52. The molecular weight excluding hydrogens is 477 g/mol. The number of amides is 2. The first kappa shape index (κ1) is 27.5. The summed E-state index contributed by atoms with van der Waals surface area (Å²) in [6, 6.07) is 5.08. The Morgan fingerprint density at radius 2 is 1.67 bits per heavy atom. The van der Waals surface area contributed by atoms with Gasteiger partial charge in [-0.3, -0.25) is 14.4 Å². The number of hydrogen-bond donors (Lipinski definition) is 1. The lowest BCUT2D eigenvalue weighted by Gasteiger charge is -2.37. The summed E-state index contributed by atoms with van der Waals surface area (Å²) in [6.45, 7) is 7.77. The number of ketones is 1. The monoisotopic (exact) mass is 510 g/mol. The molecule has 0 fully saturated rings. The molecule has 0 unspecified atom stereocenters. The van der Waals surface area contributed by atoms with Crippen LogP contribution in [0.2, 0.25) is 0 Å². The molecule has 10 heteroatoms. The van der Waals surface area contributed by atoms with Gasteiger partial charge in [-0.25, -0.2) is 0 Å². The van der Waals surface area contributed by atoms with E-state index in [1.165, 1.54) is 35.0 Å². The SMILES string of the molecule is COc1ccc(CCN2C(=O)[C@@](NC(=O)C(C)(C)C)(C(F)(F)F)C3=C2CC(C)(C)CC3=O)cc1OC. The Bertz CT molecular complexity index is 1120. The Morgan fingerprint density at radius 3 is 2.19 bits per heavy atom. The molecule has 1 aromatic carbocycles. The zero-order valence-electron chi connectivity index (χ0n) is 21.7. The Balaban J connectivity index is 2.10. The smallest absolute Gasteiger partial charge is 0.425 e. The van der Waals surface area contributed by atoms with Gasteiger partial charge in [0.1, 0.15) is 0 Å². The third-order valence-electron chi connectivity index (χ3n) is 6.60. The summed E-state index contributed by atoms with van der Waals surface area (Å²) in [6.07, 6.45) is -5.10. The number of allylic oxidation sites excluding steroid dienone is 1. The minimum Gasteiger partial charge on any atom is -0.493 e. The van der Waals surface area contributed by atoms with Crippen molar-refractivity contribution in [1.82, 2.24) is 10.2 Å². The van der Waals surface area contributed by atoms with Crippen molar-refractivity contribution in [3.63, 3.8) is 0 Å². The van der Waals surface area contributed by atoms with Gasteiger partial charge in [-0.2, -0.15) is 13.2 Å². The van der Waals surface area contributed by atoms with Gasteiger partial charge < -0.3 is 19.7 Å². The van der Waals surface area contributed by atoms with Gasteiger partial charge in [-0.05, 0) is 36.0 Å². The molecule has 3 rings (SSSR count). The van der Waals surface area contributed by atoms with Crippen molar-refractivity contribution in [2.24, 2.45) is 10.8 Å². The maximum absolute atomic E-state index is 14.8. The molecule has 0 radical (unpaired) electrons. The van der Waals surface area contributed by atoms with Crippen molar-refractivity contribution in [2.75, 3.05) is 20.8 Å². The molecule has 198 valence electrons. The second kappa shape index (κ2) is 9.12. The lowest BCUT2D eigenvalue weighted by molar-refractivity contribution is -0.195. The molecule has 0 saturated carbocycles. The third kappa shape index (κ3) is 4.69. The fraction of sp³-hybridized carbons (Fsp3) is 0.577. The Labute approximate surface area is 209 Å². The number of alkyl halides is 3. The van der Waals surface area contributed by atoms with Crippen LogP contribution in [-0.4, -0.2) is 55.0 Å². The molecule has 1 heterocycles. The number of carbonyl (C=O) groups excluding carboxylic acids is 3. The van der Waals surface area contributed by atoms with Crippen LogP contribution in [0.15, 0.2) is 29.5 Å². The van der Waals surface area contributed by atoms with Crippen LogP contribution in [0.1, 0.15) is 53.0 Å². The highest BCUT2D eigenvalue weighted by molar-refractivity contribution is 6.13. The van der Waals surface area contributed by atoms with E-state index in [4.69, 9.17) is 9.47 Å². The van der Waals surface area contributed by atoms with E-state index in [0.717, 1.165) is 4.90 Å². The van der Waals surface area contributed by atoms with Crippen molar-refractivity contribution < 1.29 is 37.0 Å². The van der Waals surface area contributed by atoms with Crippen LogP contribution in [0.25, 0.3) is 0 Å². The van der Waals surface area contributed by atoms with Gasteiger partial charge in [0.05, 0.1) is 19.8 Å². The number of carbonyl (C=O) groups is 3. The number of nitrogens with zero attached hydrogens (tertiary/aromatic N) is 1. The van der Waals surface area contributed by atoms with E-state index in [1.54, 1.807) is 32.0 Å². The first-order chi connectivity index (χ1) is 16.5. The lowest BCUT2D eigenvalue weighted by Crippen LogP contribution is -2.67. The molecule has 1 atom stereocenters. The third-order valence-corrected chi connectivity index (χ3v) is 6.60. The minimum atomic E-state index is -5.22. The van der Waals surface area contributed by atoms with Crippen molar-refractivity contribution >= 4 is 17.6 Å². The normalized spacial score (nSPS) is 22.0. The van der Waals surface area contributed by atoms with Crippen LogP contribution >= 0.6 is 0 Å². The number of benzene rings is 1. The molecule has 7 nitrogen and oxygen atoms in total. The highest BCUT2D eigenvalue weighted by Gasteiger charge is 2.71. The van der Waals surface area contributed by atoms with Gasteiger partial charge in [0.15, 0.2) is 17.3 Å². The van der Waals surface area contributed by atoms with Crippen LogP contribution in [0.4, 0.5) is 13.2 Å². The molecular formula is C26H33F3N2O5. The zero-order valence-corrected chi connectivity index (χ0v) is 21.7. The summed E-state index contributed by atoms with van der Waals surface area (Å²) < 4.78 is 54.9. The van der Waals surface area contributed by atoms with Crippen LogP contribution in [-0.2, 0) is 20.8 Å². The van der Waals surface area contributed by atoms with E-state index in [1.807, 2.05) is 5.32 Å². The van der Waals surface area contributed by atoms with E-state index in [9.17, 15) is 27.6 Å². The van der Waals surface area contributed by atoms with E-state index < -0.39 is 45.7 Å². The number of Topliss-reactive ketones (excluding diaryl/α,β-unsaturated/α-hetero) is 1. The molecule has 0 bridgehead atoms. The van der Waals surface area contributed by atoms with Crippen LogP contribution < -0.4 is 14.8 Å². The number of methoxy groups -OCH3 is 2. The molecule has 0 spiro atoms. The van der Waals surface area contributed by atoms with Crippen molar-refractivity contribution in [2.45, 2.75) is 65.6 Å². The average Bonchev–Trinajstić information content (AvgIpc) is 2.98. The summed E-state index contributed by atoms with van der Waals surface area (Å²) in [7, 11) is 2.95. The second-order valence-electron chi connectivity index (χ2n) is 11.1. The standard InChI is InChI=1S/C26H33F3N2O5/c1-23(2,3)21(33)30-25(26(27,28)29)20-16(13-24(4,5)14-17(20)32)31(22(25)34)11-10-15-8-9-18(35-6)19(12-15)36-7/h8-9,12H,10-11,13-14H2,1-7H3,(H,30,33)/t25-/m1/s1. The van der Waals surface area contributed by atoms with Gasteiger partial charge in [0.25, 0.3) is 5.91 Å². The molecule has 36 heavy (non-hydrogen) atoms. The fourth-order valence-electron chi connectivity index (χ4n) is 4.70. The van der Waals surface area contributed by atoms with Crippen molar-refractivity contribution in [3.8, 4) is 11.5 Å². The van der Waals surface area contributed by atoms with Crippen molar-refractivity contribution in [3.05, 3.63) is 35.0 Å². The van der Waals surface area contributed by atoms with E-state index in [-0.39, 0.29) is 31.5 Å². The summed E-state index contributed by atoms with van der Waals surface area (Å²) >= 11 is 0. The lowest BCUT2D eigenvalue weighted by atomic mass is 9.72. The Kier molecular flexibility index (Phi) is 6.98. The minimum absolute atomic E-state index is 0.0215.